The number of hydrogen-bond acceptors (Lipinski definition) is 4. The van der Waals surface area contributed by atoms with Crippen molar-refractivity contribution in [1.29, 1.82) is 5.41 Å². The molecule has 2 N–H and O–H groups in total. The van der Waals surface area contributed by atoms with Gasteiger partial charge in [0.2, 0.25) is 0 Å². The fourth-order valence-corrected chi connectivity index (χ4v) is 1.51. The smallest absolute Gasteiger partial charge is 0.335 e. The van der Waals surface area contributed by atoms with Crippen LogP contribution in [0.1, 0.15) is 42.6 Å². The first-order valence-electron chi connectivity index (χ1n) is 6.12. The van der Waals surface area contributed by atoms with Crippen LogP contribution >= 0.6 is 0 Å². The van der Waals surface area contributed by atoms with Gasteiger partial charge in [-0.25, -0.2) is 4.79 Å². The zero-order chi connectivity index (χ0) is 14.4. The molecule has 19 heavy (non-hydrogen) atoms. The summed E-state index contributed by atoms with van der Waals surface area (Å²) in [5.74, 6) is -1.07. The van der Waals surface area contributed by atoms with E-state index in [9.17, 15) is 9.59 Å². The largest absolute Gasteiger partial charge is 0.494 e. The summed E-state index contributed by atoms with van der Waals surface area (Å²) in [4.78, 5) is 22.5. The highest BCUT2D eigenvalue weighted by Crippen LogP contribution is 2.19. The van der Waals surface area contributed by atoms with Crippen molar-refractivity contribution in [2.45, 2.75) is 26.7 Å². The van der Waals surface area contributed by atoms with Crippen molar-refractivity contribution in [3.05, 3.63) is 29.3 Å². The monoisotopic (exact) mass is 263 g/mol. The molecule has 0 saturated carbocycles. The van der Waals surface area contributed by atoms with Crippen LogP contribution in [0.25, 0.3) is 0 Å². The number of carboxylic acids is 1. The minimum atomic E-state index is -1.11. The Bertz CT molecular complexity index is 508. The molecule has 1 rings (SSSR count). The number of carbonyl (C=O) groups is 2. The predicted molar refractivity (Wildman–Crippen MR) is 71.3 cm³/mol. The normalized spacial score (nSPS) is 10.0. The minimum absolute atomic E-state index is 0.0113. The Morgan fingerprint density at radius 2 is 1.84 bits per heavy atom. The zero-order valence-electron chi connectivity index (χ0n) is 11.0. The lowest BCUT2D eigenvalue weighted by atomic mass is 10.0. The molecule has 0 aliphatic carbocycles. The van der Waals surface area contributed by atoms with Gasteiger partial charge in [-0.1, -0.05) is 13.8 Å². The maximum absolute atomic E-state index is 11.5. The number of aromatic carboxylic acids is 1. The van der Waals surface area contributed by atoms with Crippen molar-refractivity contribution < 1.29 is 19.4 Å². The summed E-state index contributed by atoms with van der Waals surface area (Å²) in [6.45, 7) is 4.05. The van der Waals surface area contributed by atoms with E-state index in [-0.39, 0.29) is 29.0 Å². The molecular weight excluding hydrogens is 246 g/mol. The van der Waals surface area contributed by atoms with Crippen molar-refractivity contribution in [3.8, 4) is 5.75 Å². The Hall–Kier alpha value is -2.17. The van der Waals surface area contributed by atoms with Crippen LogP contribution in [0.15, 0.2) is 18.2 Å². The van der Waals surface area contributed by atoms with Gasteiger partial charge in [-0.15, -0.1) is 0 Å². The van der Waals surface area contributed by atoms with Crippen LogP contribution in [0, 0.1) is 5.41 Å². The minimum Gasteiger partial charge on any atom is -0.494 e. The van der Waals surface area contributed by atoms with E-state index in [1.807, 2.05) is 6.92 Å². The lowest BCUT2D eigenvalue weighted by molar-refractivity contribution is -0.112. The Morgan fingerprint density at radius 1 is 1.21 bits per heavy atom. The number of nitrogens with one attached hydrogen (secondary N) is 1. The molecule has 1 aromatic carbocycles. The number of ketones is 1. The Kier molecular flexibility index (Phi) is 5.23. The van der Waals surface area contributed by atoms with Crippen LogP contribution in [-0.4, -0.2) is 29.2 Å². The molecule has 0 amide bonds. The predicted octanol–water partition coefficient (Wildman–Crippen LogP) is 2.52. The first-order chi connectivity index (χ1) is 8.99. The van der Waals surface area contributed by atoms with Crippen LogP contribution in [0.2, 0.25) is 0 Å². The number of rotatable bonds is 7. The molecule has 5 nitrogen and oxygen atoms in total. The molecule has 1 aromatic rings. The molecule has 5 heteroatoms. The van der Waals surface area contributed by atoms with Crippen molar-refractivity contribution in [1.82, 2.24) is 0 Å². The molecule has 102 valence electrons. The number of benzene rings is 1. The van der Waals surface area contributed by atoms with Crippen LogP contribution in [0.3, 0.4) is 0 Å². The average Bonchev–Trinajstić information content (AvgIpc) is 2.42. The molecule has 0 spiro atoms. The summed E-state index contributed by atoms with van der Waals surface area (Å²) in [7, 11) is 0. The lowest BCUT2D eigenvalue weighted by Gasteiger charge is -2.09. The summed E-state index contributed by atoms with van der Waals surface area (Å²) in [6, 6.07) is 4.24. The van der Waals surface area contributed by atoms with E-state index in [0.717, 1.165) is 6.42 Å². The number of hydrogen-bond donors (Lipinski definition) is 2. The summed E-state index contributed by atoms with van der Waals surface area (Å²) in [6.07, 6.45) is 0.999. The highest BCUT2D eigenvalue weighted by Gasteiger charge is 2.14. The molecule has 0 unspecified atom stereocenters. The van der Waals surface area contributed by atoms with Crippen molar-refractivity contribution in [2.75, 3.05) is 6.61 Å². The van der Waals surface area contributed by atoms with Gasteiger partial charge in [-0.2, -0.15) is 0 Å². The van der Waals surface area contributed by atoms with Gasteiger partial charge < -0.3 is 9.84 Å². The van der Waals surface area contributed by atoms with E-state index in [4.69, 9.17) is 15.3 Å². The first kappa shape index (κ1) is 14.9. The molecule has 0 aliphatic rings. The fraction of sp³-hybridized carbons (Fsp3) is 0.357. The van der Waals surface area contributed by atoms with Gasteiger partial charge in [0.25, 0.3) is 0 Å². The van der Waals surface area contributed by atoms with E-state index in [1.165, 1.54) is 18.2 Å². The number of carboxylic acid groups (broad SMARTS) is 1. The van der Waals surface area contributed by atoms with E-state index >= 15 is 0 Å². The summed E-state index contributed by atoms with van der Waals surface area (Å²) < 4.78 is 5.38. The maximum Gasteiger partial charge on any atom is 0.335 e. The quantitative estimate of drug-likeness (QED) is 0.740. The van der Waals surface area contributed by atoms with E-state index in [2.05, 4.69) is 0 Å². The second kappa shape index (κ2) is 6.68. The van der Waals surface area contributed by atoms with E-state index in [1.54, 1.807) is 6.92 Å². The highest BCUT2D eigenvalue weighted by atomic mass is 16.5. The van der Waals surface area contributed by atoms with Gasteiger partial charge in [0.05, 0.1) is 12.2 Å². The molecule has 0 aliphatic heterocycles. The average molecular weight is 263 g/mol. The van der Waals surface area contributed by atoms with Gasteiger partial charge in [0.15, 0.2) is 5.78 Å². The molecule has 0 aromatic heterocycles. The van der Waals surface area contributed by atoms with Gasteiger partial charge in [-0.05, 0) is 24.6 Å². The SMILES string of the molecule is CCCOc1cc(C(=N)C(=O)CC)cc(C(=O)O)c1. The van der Waals surface area contributed by atoms with Crippen LogP contribution in [0.5, 0.6) is 5.75 Å². The second-order valence-electron chi connectivity index (χ2n) is 4.05. The highest BCUT2D eigenvalue weighted by molar-refractivity contribution is 6.45. The third-order valence-corrected chi connectivity index (χ3v) is 2.51. The van der Waals surface area contributed by atoms with Crippen LogP contribution in [-0.2, 0) is 4.79 Å². The molecule has 0 bridgehead atoms. The van der Waals surface area contributed by atoms with E-state index < -0.39 is 5.97 Å². The third-order valence-electron chi connectivity index (χ3n) is 2.51. The summed E-state index contributed by atoms with van der Waals surface area (Å²) >= 11 is 0. The fourth-order valence-electron chi connectivity index (χ4n) is 1.51. The zero-order valence-corrected chi connectivity index (χ0v) is 11.0. The Labute approximate surface area is 111 Å². The molecule has 0 radical (unpaired) electrons. The number of carbonyl (C=O) groups excluding carboxylic acids is 1. The van der Waals surface area contributed by atoms with Crippen molar-refractivity contribution in [3.63, 3.8) is 0 Å². The Morgan fingerprint density at radius 3 is 2.37 bits per heavy atom. The van der Waals surface area contributed by atoms with Gasteiger partial charge in [0.1, 0.15) is 11.5 Å². The topological polar surface area (TPSA) is 87.5 Å². The van der Waals surface area contributed by atoms with Crippen molar-refractivity contribution >= 4 is 17.5 Å². The van der Waals surface area contributed by atoms with Gasteiger partial charge in [0, 0.05) is 12.0 Å². The Balaban J connectivity index is 3.16. The lowest BCUT2D eigenvalue weighted by Crippen LogP contribution is -2.14. The van der Waals surface area contributed by atoms with Crippen LogP contribution in [0.4, 0.5) is 0 Å². The van der Waals surface area contributed by atoms with Crippen molar-refractivity contribution in [2.24, 2.45) is 0 Å². The van der Waals surface area contributed by atoms with Gasteiger partial charge >= 0.3 is 5.97 Å². The second-order valence-corrected chi connectivity index (χ2v) is 4.05. The first-order valence-corrected chi connectivity index (χ1v) is 6.12. The van der Waals surface area contributed by atoms with Gasteiger partial charge in [-0.3, -0.25) is 10.2 Å². The summed E-state index contributed by atoms with van der Waals surface area (Å²) in [5.41, 5.74) is 0.0991. The number of ether oxygens (including phenoxy) is 1. The summed E-state index contributed by atoms with van der Waals surface area (Å²) in [5, 5.41) is 16.8. The van der Waals surface area contributed by atoms with E-state index in [0.29, 0.717) is 12.4 Å². The molecule has 0 atom stereocenters. The standard InChI is InChI=1S/C14H17NO4/c1-3-5-19-11-7-9(13(15)12(16)4-2)6-10(8-11)14(17)18/h6-8,15H,3-5H2,1-2H3,(H,17,18). The maximum atomic E-state index is 11.5. The molecule has 0 heterocycles. The molecular formula is C14H17NO4. The number of Topliss-reactive ketones (excluding diaryl/α,β-unsaturated/α-hetero) is 1. The molecule has 0 fully saturated rings. The van der Waals surface area contributed by atoms with Crippen LogP contribution < -0.4 is 4.74 Å². The third kappa shape index (κ3) is 3.91. The molecule has 0 saturated heterocycles.